The Bertz CT molecular complexity index is 498. The molecular weight excluding hydrogens is 244 g/mol. The van der Waals surface area contributed by atoms with Crippen LogP contribution in [-0.2, 0) is 16.1 Å². The minimum atomic E-state index is -0.962. The highest BCUT2D eigenvalue weighted by Crippen LogP contribution is 2.20. The van der Waals surface area contributed by atoms with E-state index < -0.39 is 5.54 Å². The van der Waals surface area contributed by atoms with Crippen molar-refractivity contribution in [3.8, 4) is 0 Å². The third kappa shape index (κ3) is 2.61. The second kappa shape index (κ2) is 5.01. The van der Waals surface area contributed by atoms with E-state index in [-0.39, 0.29) is 25.1 Å². The molecule has 5 heteroatoms. The summed E-state index contributed by atoms with van der Waals surface area (Å²) < 4.78 is 5.00. The van der Waals surface area contributed by atoms with Crippen molar-refractivity contribution < 1.29 is 14.3 Å². The monoisotopic (exact) mass is 262 g/mol. The minimum absolute atomic E-state index is 0.169. The van der Waals surface area contributed by atoms with E-state index in [9.17, 15) is 9.59 Å². The van der Waals surface area contributed by atoms with Gasteiger partial charge in [0.25, 0.3) is 5.91 Å². The third-order valence-electron chi connectivity index (χ3n) is 3.24. The van der Waals surface area contributed by atoms with Crippen molar-refractivity contribution in [1.82, 2.24) is 10.2 Å². The van der Waals surface area contributed by atoms with Gasteiger partial charge < -0.3 is 10.1 Å². The average molecular weight is 262 g/mol. The molecule has 1 atom stereocenters. The molecule has 0 aromatic heterocycles. The number of benzene rings is 1. The van der Waals surface area contributed by atoms with Crippen LogP contribution in [0.15, 0.2) is 24.3 Å². The van der Waals surface area contributed by atoms with E-state index in [1.807, 2.05) is 31.2 Å². The summed E-state index contributed by atoms with van der Waals surface area (Å²) in [5.41, 5.74) is 1.11. The lowest BCUT2D eigenvalue weighted by atomic mass is 10.0. The van der Waals surface area contributed by atoms with Crippen molar-refractivity contribution in [2.75, 3.05) is 13.7 Å². The molecule has 5 nitrogen and oxygen atoms in total. The van der Waals surface area contributed by atoms with Crippen molar-refractivity contribution >= 4 is 11.9 Å². The quantitative estimate of drug-likeness (QED) is 0.836. The number of hydrogen-bond acceptors (Lipinski definition) is 3. The zero-order valence-electron chi connectivity index (χ0n) is 11.4. The van der Waals surface area contributed by atoms with Gasteiger partial charge in [0.05, 0.1) is 13.2 Å². The second-order valence-electron chi connectivity index (χ2n) is 5.07. The van der Waals surface area contributed by atoms with Crippen LogP contribution in [0.25, 0.3) is 0 Å². The molecule has 2 rings (SSSR count). The van der Waals surface area contributed by atoms with Gasteiger partial charge in [-0.05, 0) is 19.4 Å². The summed E-state index contributed by atoms with van der Waals surface area (Å²) in [6.07, 6.45) is 0. The number of methoxy groups -OCH3 is 1. The predicted molar refractivity (Wildman–Crippen MR) is 70.5 cm³/mol. The van der Waals surface area contributed by atoms with Crippen molar-refractivity contribution in [2.45, 2.75) is 25.9 Å². The van der Waals surface area contributed by atoms with Crippen LogP contribution in [0.4, 0.5) is 4.79 Å². The lowest BCUT2D eigenvalue weighted by molar-refractivity contribution is -0.132. The number of carbonyl (C=O) groups excluding carboxylic acids is 2. The summed E-state index contributed by atoms with van der Waals surface area (Å²) in [6.45, 7) is 4.12. The summed E-state index contributed by atoms with van der Waals surface area (Å²) >= 11 is 0. The Hall–Kier alpha value is -1.88. The summed E-state index contributed by atoms with van der Waals surface area (Å²) in [5, 5.41) is 2.68. The topological polar surface area (TPSA) is 58.6 Å². The Kier molecular flexibility index (Phi) is 3.57. The molecule has 1 aromatic carbocycles. The van der Waals surface area contributed by atoms with Crippen molar-refractivity contribution in [3.63, 3.8) is 0 Å². The standard InChI is InChI=1S/C14H18N2O3/c1-10-4-6-11(7-5-10)8-16-12(17)14(2,9-19-3)15-13(16)18/h4-7H,8-9H2,1-3H3,(H,15,18)/t14-/m0/s1. The number of imide groups is 1. The van der Waals surface area contributed by atoms with E-state index in [0.29, 0.717) is 0 Å². The highest BCUT2D eigenvalue weighted by atomic mass is 16.5. The molecule has 102 valence electrons. The van der Waals surface area contributed by atoms with Crippen LogP contribution >= 0.6 is 0 Å². The van der Waals surface area contributed by atoms with Crippen LogP contribution in [0.3, 0.4) is 0 Å². The van der Waals surface area contributed by atoms with Gasteiger partial charge in [0, 0.05) is 7.11 Å². The SMILES string of the molecule is COC[C@]1(C)NC(=O)N(Cc2ccc(C)cc2)C1=O. The van der Waals surface area contributed by atoms with E-state index in [1.165, 1.54) is 12.0 Å². The molecule has 0 saturated carbocycles. The Morgan fingerprint density at radius 3 is 2.47 bits per heavy atom. The fourth-order valence-electron chi connectivity index (χ4n) is 2.15. The maximum absolute atomic E-state index is 12.3. The van der Waals surface area contributed by atoms with Gasteiger partial charge >= 0.3 is 6.03 Å². The Balaban J connectivity index is 2.15. The number of hydrogen-bond donors (Lipinski definition) is 1. The summed E-state index contributed by atoms with van der Waals surface area (Å²) in [4.78, 5) is 25.4. The fraction of sp³-hybridized carbons (Fsp3) is 0.429. The maximum Gasteiger partial charge on any atom is 0.325 e. The van der Waals surface area contributed by atoms with Crippen LogP contribution in [0.2, 0.25) is 0 Å². The number of carbonyl (C=O) groups is 2. The second-order valence-corrected chi connectivity index (χ2v) is 5.07. The molecule has 0 aliphatic carbocycles. The van der Waals surface area contributed by atoms with Gasteiger partial charge in [-0.3, -0.25) is 9.69 Å². The number of aryl methyl sites for hydroxylation is 1. The van der Waals surface area contributed by atoms with Crippen LogP contribution in [0.1, 0.15) is 18.1 Å². The third-order valence-corrected chi connectivity index (χ3v) is 3.24. The maximum atomic E-state index is 12.3. The number of ether oxygens (including phenoxy) is 1. The number of nitrogens with one attached hydrogen (secondary N) is 1. The van der Waals surface area contributed by atoms with Crippen LogP contribution in [0.5, 0.6) is 0 Å². The first-order chi connectivity index (χ1) is 8.96. The normalized spacial score (nSPS) is 22.8. The molecule has 1 aromatic rings. The molecule has 1 heterocycles. The largest absolute Gasteiger partial charge is 0.382 e. The van der Waals surface area contributed by atoms with Crippen molar-refractivity contribution in [1.29, 1.82) is 0 Å². The highest BCUT2D eigenvalue weighted by Gasteiger charge is 2.47. The predicted octanol–water partition coefficient (Wildman–Crippen LogP) is 1.45. The Morgan fingerprint density at radius 1 is 1.26 bits per heavy atom. The van der Waals surface area contributed by atoms with Crippen molar-refractivity contribution in [3.05, 3.63) is 35.4 Å². The van der Waals surface area contributed by atoms with Crippen LogP contribution in [-0.4, -0.2) is 36.1 Å². The van der Waals surface area contributed by atoms with E-state index in [2.05, 4.69) is 5.32 Å². The number of urea groups is 1. The van der Waals surface area contributed by atoms with Crippen LogP contribution < -0.4 is 5.32 Å². The van der Waals surface area contributed by atoms with Gasteiger partial charge in [-0.25, -0.2) is 4.79 Å². The molecule has 1 aliphatic rings. The van der Waals surface area contributed by atoms with E-state index >= 15 is 0 Å². The summed E-state index contributed by atoms with van der Waals surface area (Å²) in [7, 11) is 1.51. The van der Waals surface area contributed by atoms with E-state index in [4.69, 9.17) is 4.74 Å². The van der Waals surface area contributed by atoms with Gasteiger partial charge in [0.1, 0.15) is 5.54 Å². The smallest absolute Gasteiger partial charge is 0.325 e. The van der Waals surface area contributed by atoms with Gasteiger partial charge in [0.2, 0.25) is 0 Å². The number of nitrogens with zero attached hydrogens (tertiary/aromatic N) is 1. The molecule has 0 radical (unpaired) electrons. The van der Waals surface area contributed by atoms with Gasteiger partial charge in [-0.15, -0.1) is 0 Å². The molecule has 1 N–H and O–H groups in total. The van der Waals surface area contributed by atoms with Gasteiger partial charge in [0.15, 0.2) is 0 Å². The molecule has 0 unspecified atom stereocenters. The van der Waals surface area contributed by atoms with Crippen molar-refractivity contribution in [2.24, 2.45) is 0 Å². The Morgan fingerprint density at radius 2 is 1.89 bits per heavy atom. The minimum Gasteiger partial charge on any atom is -0.382 e. The molecule has 1 saturated heterocycles. The van der Waals surface area contributed by atoms with Gasteiger partial charge in [-0.2, -0.15) is 0 Å². The molecule has 0 bridgehead atoms. The van der Waals surface area contributed by atoms with E-state index in [0.717, 1.165) is 11.1 Å². The Labute approximate surface area is 112 Å². The number of amides is 3. The van der Waals surface area contributed by atoms with Crippen LogP contribution in [0, 0.1) is 6.92 Å². The first-order valence-corrected chi connectivity index (χ1v) is 6.15. The lowest BCUT2D eigenvalue weighted by Crippen LogP contribution is -2.47. The average Bonchev–Trinajstić information content (AvgIpc) is 2.56. The molecular formula is C14H18N2O3. The summed E-state index contributed by atoms with van der Waals surface area (Å²) in [6, 6.07) is 7.39. The first-order valence-electron chi connectivity index (χ1n) is 6.15. The molecule has 1 aliphatic heterocycles. The zero-order valence-corrected chi connectivity index (χ0v) is 11.4. The van der Waals surface area contributed by atoms with Gasteiger partial charge in [-0.1, -0.05) is 29.8 Å². The highest BCUT2D eigenvalue weighted by molar-refractivity contribution is 6.06. The summed E-state index contributed by atoms with van der Waals surface area (Å²) in [5.74, 6) is -0.250. The fourth-order valence-corrected chi connectivity index (χ4v) is 2.15. The zero-order chi connectivity index (χ0) is 14.0. The molecule has 3 amide bonds. The lowest BCUT2D eigenvalue weighted by Gasteiger charge is -2.20. The molecule has 0 spiro atoms. The first kappa shape index (κ1) is 13.5. The van der Waals surface area contributed by atoms with E-state index in [1.54, 1.807) is 6.92 Å². The molecule has 1 fully saturated rings. The molecule has 19 heavy (non-hydrogen) atoms. The number of rotatable bonds is 4.